The quantitative estimate of drug-likeness (QED) is 0.929. The number of hydrogen-bond acceptors (Lipinski definition) is 2. The molecule has 19 heavy (non-hydrogen) atoms. The molecule has 0 unspecified atom stereocenters. The molecular weight excluding hydrogens is 272 g/mol. The van der Waals surface area contributed by atoms with Crippen LogP contribution in [0.25, 0.3) is 0 Å². The summed E-state index contributed by atoms with van der Waals surface area (Å²) < 4.78 is 32.0. The van der Waals surface area contributed by atoms with Crippen LogP contribution in [0.3, 0.4) is 0 Å². The van der Waals surface area contributed by atoms with Crippen LogP contribution >= 0.6 is 11.6 Å². The number of nitrogens with two attached hydrogens (primary N) is 1. The summed E-state index contributed by atoms with van der Waals surface area (Å²) in [5.41, 5.74) is 6.41. The van der Waals surface area contributed by atoms with Crippen molar-refractivity contribution in [3.05, 3.63) is 64.2 Å². The number of halogens is 3. The summed E-state index contributed by atoms with van der Waals surface area (Å²) >= 11 is 6.00. The summed E-state index contributed by atoms with van der Waals surface area (Å²) in [5, 5.41) is 0.389. The van der Waals surface area contributed by atoms with Crippen molar-refractivity contribution in [1.82, 2.24) is 0 Å². The standard InChI is InChI=1S/C14H12ClF2NO/c15-11-5-1-3-9(7-18)14(11)19-8-10-4-2-6-12(16)13(10)17/h1-6H,7-8,18H2. The van der Waals surface area contributed by atoms with Crippen LogP contribution in [0.2, 0.25) is 5.02 Å². The Labute approximate surface area is 114 Å². The summed E-state index contributed by atoms with van der Waals surface area (Å²) in [5.74, 6) is -1.42. The molecule has 0 aliphatic carbocycles. The maximum atomic E-state index is 13.5. The first kappa shape index (κ1) is 13.8. The average molecular weight is 284 g/mol. The normalized spacial score (nSPS) is 10.5. The van der Waals surface area contributed by atoms with Crippen LogP contribution < -0.4 is 10.5 Å². The number of para-hydroxylation sites is 1. The Balaban J connectivity index is 2.21. The molecule has 0 radical (unpaired) electrons. The first-order valence-electron chi connectivity index (χ1n) is 5.66. The molecule has 0 heterocycles. The second kappa shape index (κ2) is 5.99. The monoisotopic (exact) mass is 283 g/mol. The van der Waals surface area contributed by atoms with E-state index in [4.69, 9.17) is 22.1 Å². The van der Waals surface area contributed by atoms with Gasteiger partial charge in [0.2, 0.25) is 0 Å². The Bertz CT molecular complexity index is 590. The fourth-order valence-corrected chi connectivity index (χ4v) is 1.93. The van der Waals surface area contributed by atoms with Gasteiger partial charge in [0.15, 0.2) is 11.6 Å². The van der Waals surface area contributed by atoms with E-state index < -0.39 is 11.6 Å². The highest BCUT2D eigenvalue weighted by atomic mass is 35.5. The van der Waals surface area contributed by atoms with Crippen LogP contribution in [0, 0.1) is 11.6 Å². The van der Waals surface area contributed by atoms with E-state index in [1.807, 2.05) is 0 Å². The lowest BCUT2D eigenvalue weighted by atomic mass is 10.2. The van der Waals surface area contributed by atoms with Gasteiger partial charge < -0.3 is 10.5 Å². The molecule has 2 nitrogen and oxygen atoms in total. The summed E-state index contributed by atoms with van der Waals surface area (Å²) in [6, 6.07) is 9.10. The summed E-state index contributed by atoms with van der Waals surface area (Å²) in [6.45, 7) is 0.141. The van der Waals surface area contributed by atoms with Crippen molar-refractivity contribution in [1.29, 1.82) is 0 Å². The Morgan fingerprint density at radius 2 is 1.74 bits per heavy atom. The third kappa shape index (κ3) is 3.03. The lowest BCUT2D eigenvalue weighted by Gasteiger charge is -2.12. The molecular formula is C14H12ClF2NO. The van der Waals surface area contributed by atoms with Gasteiger partial charge in [0, 0.05) is 17.7 Å². The van der Waals surface area contributed by atoms with Crippen LogP contribution in [0.15, 0.2) is 36.4 Å². The van der Waals surface area contributed by atoms with Crippen LogP contribution in [0.4, 0.5) is 8.78 Å². The van der Waals surface area contributed by atoms with Crippen molar-refractivity contribution in [3.63, 3.8) is 0 Å². The third-order valence-electron chi connectivity index (χ3n) is 2.67. The minimum atomic E-state index is -0.913. The lowest BCUT2D eigenvalue weighted by Crippen LogP contribution is -2.05. The van der Waals surface area contributed by atoms with E-state index in [-0.39, 0.29) is 18.7 Å². The molecule has 0 fully saturated rings. The molecule has 0 bridgehead atoms. The molecule has 2 N–H and O–H groups in total. The van der Waals surface area contributed by atoms with Crippen molar-refractivity contribution >= 4 is 11.6 Å². The molecule has 0 saturated carbocycles. The van der Waals surface area contributed by atoms with Gasteiger partial charge in [-0.3, -0.25) is 0 Å². The Morgan fingerprint density at radius 1 is 1.05 bits per heavy atom. The van der Waals surface area contributed by atoms with E-state index >= 15 is 0 Å². The highest BCUT2D eigenvalue weighted by molar-refractivity contribution is 6.32. The van der Waals surface area contributed by atoms with E-state index in [1.165, 1.54) is 12.1 Å². The van der Waals surface area contributed by atoms with Gasteiger partial charge in [0.1, 0.15) is 12.4 Å². The molecule has 0 amide bonds. The highest BCUT2D eigenvalue weighted by Gasteiger charge is 2.11. The average Bonchev–Trinajstić information content (AvgIpc) is 2.41. The minimum Gasteiger partial charge on any atom is -0.487 e. The number of rotatable bonds is 4. The van der Waals surface area contributed by atoms with Gasteiger partial charge in [-0.1, -0.05) is 35.9 Å². The zero-order chi connectivity index (χ0) is 13.8. The van der Waals surface area contributed by atoms with Crippen LogP contribution in [-0.4, -0.2) is 0 Å². The minimum absolute atomic E-state index is 0.111. The lowest BCUT2D eigenvalue weighted by molar-refractivity contribution is 0.294. The summed E-state index contributed by atoms with van der Waals surface area (Å²) in [6.07, 6.45) is 0. The van der Waals surface area contributed by atoms with Gasteiger partial charge in [-0.25, -0.2) is 8.78 Å². The van der Waals surface area contributed by atoms with E-state index in [1.54, 1.807) is 18.2 Å². The Morgan fingerprint density at radius 3 is 2.47 bits per heavy atom. The fourth-order valence-electron chi connectivity index (χ4n) is 1.69. The smallest absolute Gasteiger partial charge is 0.165 e. The van der Waals surface area contributed by atoms with Gasteiger partial charge in [-0.2, -0.15) is 0 Å². The van der Waals surface area contributed by atoms with Crippen molar-refractivity contribution in [2.45, 2.75) is 13.2 Å². The number of benzene rings is 2. The molecule has 0 aliphatic rings. The second-order valence-electron chi connectivity index (χ2n) is 3.93. The molecule has 2 aromatic rings. The topological polar surface area (TPSA) is 35.2 Å². The zero-order valence-corrected chi connectivity index (χ0v) is 10.8. The van der Waals surface area contributed by atoms with E-state index in [0.29, 0.717) is 16.3 Å². The maximum absolute atomic E-state index is 13.5. The summed E-state index contributed by atoms with van der Waals surface area (Å²) in [4.78, 5) is 0. The molecule has 2 aromatic carbocycles. The van der Waals surface area contributed by atoms with E-state index in [2.05, 4.69) is 0 Å². The van der Waals surface area contributed by atoms with Gasteiger partial charge in [-0.15, -0.1) is 0 Å². The number of ether oxygens (including phenoxy) is 1. The van der Waals surface area contributed by atoms with E-state index in [9.17, 15) is 8.78 Å². The predicted molar refractivity (Wildman–Crippen MR) is 70.0 cm³/mol. The largest absolute Gasteiger partial charge is 0.487 e. The van der Waals surface area contributed by atoms with Crippen molar-refractivity contribution in [2.24, 2.45) is 5.73 Å². The van der Waals surface area contributed by atoms with Gasteiger partial charge in [-0.05, 0) is 12.1 Å². The Hall–Kier alpha value is -1.65. The van der Waals surface area contributed by atoms with Crippen LogP contribution in [0.5, 0.6) is 5.75 Å². The van der Waals surface area contributed by atoms with Gasteiger partial charge in [0.25, 0.3) is 0 Å². The molecule has 0 aliphatic heterocycles. The number of hydrogen-bond donors (Lipinski definition) is 1. The SMILES string of the molecule is NCc1cccc(Cl)c1OCc1cccc(F)c1F. The molecule has 0 aromatic heterocycles. The van der Waals surface area contributed by atoms with Crippen molar-refractivity contribution < 1.29 is 13.5 Å². The first-order chi connectivity index (χ1) is 9.13. The second-order valence-corrected chi connectivity index (χ2v) is 4.34. The molecule has 0 spiro atoms. The van der Waals surface area contributed by atoms with Gasteiger partial charge >= 0.3 is 0 Å². The van der Waals surface area contributed by atoms with Crippen molar-refractivity contribution in [2.75, 3.05) is 0 Å². The van der Waals surface area contributed by atoms with Crippen molar-refractivity contribution in [3.8, 4) is 5.75 Å². The maximum Gasteiger partial charge on any atom is 0.165 e. The van der Waals surface area contributed by atoms with E-state index in [0.717, 1.165) is 6.07 Å². The molecule has 5 heteroatoms. The highest BCUT2D eigenvalue weighted by Crippen LogP contribution is 2.29. The molecule has 100 valence electrons. The summed E-state index contributed by atoms with van der Waals surface area (Å²) in [7, 11) is 0. The third-order valence-corrected chi connectivity index (χ3v) is 2.97. The van der Waals surface area contributed by atoms with Gasteiger partial charge in [0.05, 0.1) is 5.02 Å². The molecule has 2 rings (SSSR count). The van der Waals surface area contributed by atoms with Crippen LogP contribution in [-0.2, 0) is 13.2 Å². The Kier molecular flexibility index (Phi) is 4.35. The zero-order valence-electron chi connectivity index (χ0n) is 10.00. The first-order valence-corrected chi connectivity index (χ1v) is 6.04. The molecule has 0 atom stereocenters. The fraction of sp³-hybridized carbons (Fsp3) is 0.143. The van der Waals surface area contributed by atoms with Crippen LogP contribution in [0.1, 0.15) is 11.1 Å². The molecule has 0 saturated heterocycles. The predicted octanol–water partition coefficient (Wildman–Crippen LogP) is 3.66.